The number of nitrogens with zero attached hydrogens (tertiary/aromatic N) is 3. The first-order chi connectivity index (χ1) is 12.9. The van der Waals surface area contributed by atoms with Gasteiger partial charge in [-0.3, -0.25) is 14.5 Å². The van der Waals surface area contributed by atoms with Crippen LogP contribution in [0.1, 0.15) is 33.1 Å². The van der Waals surface area contributed by atoms with Crippen LogP contribution in [0.5, 0.6) is 0 Å². The Labute approximate surface area is 163 Å². The van der Waals surface area contributed by atoms with Crippen molar-refractivity contribution in [3.05, 3.63) is 0 Å². The van der Waals surface area contributed by atoms with Gasteiger partial charge in [0.1, 0.15) is 0 Å². The fraction of sp³-hybridized carbons (Fsp3) is 0.900. The summed E-state index contributed by atoms with van der Waals surface area (Å²) in [5.41, 5.74) is 6.24. The molecule has 3 atom stereocenters. The maximum Gasteiger partial charge on any atom is 0.239 e. The number of nitrogens with two attached hydrogens (primary N) is 1. The van der Waals surface area contributed by atoms with Crippen LogP contribution in [-0.2, 0) is 14.3 Å². The molecule has 0 saturated carbocycles. The van der Waals surface area contributed by atoms with Gasteiger partial charge in [0.05, 0.1) is 12.6 Å². The summed E-state index contributed by atoms with van der Waals surface area (Å²) in [7, 11) is 0. The van der Waals surface area contributed by atoms with E-state index in [1.807, 2.05) is 9.80 Å². The summed E-state index contributed by atoms with van der Waals surface area (Å²) < 4.78 is 5.37. The van der Waals surface area contributed by atoms with Gasteiger partial charge in [0.2, 0.25) is 11.8 Å². The highest BCUT2D eigenvalue weighted by molar-refractivity contribution is 5.82. The lowest BCUT2D eigenvalue weighted by Gasteiger charge is -2.39. The van der Waals surface area contributed by atoms with Crippen molar-refractivity contribution in [2.24, 2.45) is 23.5 Å². The molecule has 7 heteroatoms. The highest BCUT2D eigenvalue weighted by Gasteiger charge is 2.32. The number of piperidine rings is 1. The van der Waals surface area contributed by atoms with Gasteiger partial charge in [-0.2, -0.15) is 0 Å². The number of amides is 2. The van der Waals surface area contributed by atoms with Crippen LogP contribution in [0, 0.1) is 17.8 Å². The average Bonchev–Trinajstić information content (AvgIpc) is 2.67. The lowest BCUT2D eigenvalue weighted by Crippen LogP contribution is -2.56. The van der Waals surface area contributed by atoms with Crippen LogP contribution in [0.25, 0.3) is 0 Å². The summed E-state index contributed by atoms with van der Waals surface area (Å²) in [4.78, 5) is 31.5. The number of hydrogen-bond donors (Lipinski definition) is 1. The van der Waals surface area contributed by atoms with E-state index in [0.29, 0.717) is 44.7 Å². The molecular formula is C20H36N4O3. The molecule has 0 aromatic carbocycles. The van der Waals surface area contributed by atoms with Crippen molar-refractivity contribution in [2.45, 2.75) is 39.2 Å². The van der Waals surface area contributed by atoms with E-state index in [9.17, 15) is 9.59 Å². The molecule has 3 rings (SSSR count). The van der Waals surface area contributed by atoms with Gasteiger partial charge in [-0.15, -0.1) is 0 Å². The lowest BCUT2D eigenvalue weighted by molar-refractivity contribution is -0.138. The summed E-state index contributed by atoms with van der Waals surface area (Å²) in [6, 6.07) is -0.418. The molecule has 3 saturated heterocycles. The van der Waals surface area contributed by atoms with E-state index in [1.54, 1.807) is 0 Å². The van der Waals surface area contributed by atoms with Crippen LogP contribution < -0.4 is 5.73 Å². The Balaban J connectivity index is 1.43. The lowest BCUT2D eigenvalue weighted by atomic mass is 9.91. The maximum atomic E-state index is 12.7. The summed E-state index contributed by atoms with van der Waals surface area (Å²) in [5, 5.41) is 0. The van der Waals surface area contributed by atoms with Crippen molar-refractivity contribution in [1.82, 2.24) is 14.7 Å². The van der Waals surface area contributed by atoms with Crippen molar-refractivity contribution in [3.8, 4) is 0 Å². The van der Waals surface area contributed by atoms with Crippen LogP contribution in [-0.4, -0.2) is 91.6 Å². The SMILES string of the molecule is CC1CC(C)CN(C(=O)CN2CCN(C(=O)C(N)C3CCOCC3)CC2)C1. The van der Waals surface area contributed by atoms with Gasteiger partial charge >= 0.3 is 0 Å². The van der Waals surface area contributed by atoms with E-state index in [0.717, 1.165) is 39.0 Å². The molecular weight excluding hydrogens is 344 g/mol. The van der Waals surface area contributed by atoms with E-state index in [1.165, 1.54) is 6.42 Å². The minimum atomic E-state index is -0.418. The minimum Gasteiger partial charge on any atom is -0.381 e. The third-order valence-electron chi connectivity index (χ3n) is 6.32. The Bertz CT molecular complexity index is 505. The van der Waals surface area contributed by atoms with Crippen molar-refractivity contribution in [3.63, 3.8) is 0 Å². The molecule has 0 aromatic heterocycles. The minimum absolute atomic E-state index is 0.0616. The molecule has 3 unspecified atom stereocenters. The average molecular weight is 381 g/mol. The Kier molecular flexibility index (Phi) is 7.11. The van der Waals surface area contributed by atoms with Gasteiger partial charge < -0.3 is 20.3 Å². The Morgan fingerprint density at radius 2 is 1.59 bits per heavy atom. The predicted octanol–water partition coefficient (Wildman–Crippen LogP) is 0.389. The second kappa shape index (κ2) is 9.34. The molecule has 2 N–H and O–H groups in total. The molecule has 0 bridgehead atoms. The van der Waals surface area contributed by atoms with Crippen LogP contribution >= 0.6 is 0 Å². The first-order valence-corrected chi connectivity index (χ1v) is 10.6. The molecule has 3 fully saturated rings. The van der Waals surface area contributed by atoms with Crippen molar-refractivity contribution < 1.29 is 14.3 Å². The Hall–Kier alpha value is -1.18. The van der Waals surface area contributed by atoms with Crippen LogP contribution in [0.4, 0.5) is 0 Å². The van der Waals surface area contributed by atoms with Crippen LogP contribution in [0.15, 0.2) is 0 Å². The first-order valence-electron chi connectivity index (χ1n) is 10.6. The summed E-state index contributed by atoms with van der Waals surface area (Å²) in [6.45, 7) is 10.9. The van der Waals surface area contributed by atoms with E-state index in [4.69, 9.17) is 10.5 Å². The van der Waals surface area contributed by atoms with Crippen LogP contribution in [0.3, 0.4) is 0 Å². The number of ether oxygens (including phenoxy) is 1. The zero-order chi connectivity index (χ0) is 19.4. The van der Waals surface area contributed by atoms with Gasteiger partial charge in [-0.05, 0) is 37.0 Å². The normalized spacial score (nSPS) is 29.6. The van der Waals surface area contributed by atoms with Gasteiger partial charge in [-0.25, -0.2) is 0 Å². The number of hydrogen-bond acceptors (Lipinski definition) is 5. The fourth-order valence-corrected chi connectivity index (χ4v) is 4.77. The van der Waals surface area contributed by atoms with E-state index in [-0.39, 0.29) is 17.7 Å². The Morgan fingerprint density at radius 3 is 2.19 bits per heavy atom. The summed E-state index contributed by atoms with van der Waals surface area (Å²) in [6.07, 6.45) is 2.94. The predicted molar refractivity (Wildman–Crippen MR) is 104 cm³/mol. The van der Waals surface area contributed by atoms with Gasteiger partial charge in [-0.1, -0.05) is 13.8 Å². The third-order valence-corrected chi connectivity index (χ3v) is 6.32. The summed E-state index contributed by atoms with van der Waals surface area (Å²) >= 11 is 0. The molecule has 0 spiro atoms. The molecule has 3 aliphatic heterocycles. The topological polar surface area (TPSA) is 79.1 Å². The molecule has 3 heterocycles. The zero-order valence-electron chi connectivity index (χ0n) is 16.9. The van der Waals surface area contributed by atoms with E-state index in [2.05, 4.69) is 18.7 Å². The van der Waals surface area contributed by atoms with Crippen molar-refractivity contribution in [1.29, 1.82) is 0 Å². The molecule has 3 aliphatic rings. The molecule has 2 amide bonds. The largest absolute Gasteiger partial charge is 0.381 e. The zero-order valence-corrected chi connectivity index (χ0v) is 16.9. The molecule has 27 heavy (non-hydrogen) atoms. The van der Waals surface area contributed by atoms with Crippen LogP contribution in [0.2, 0.25) is 0 Å². The number of likely N-dealkylation sites (tertiary alicyclic amines) is 1. The number of piperazine rings is 1. The van der Waals surface area contributed by atoms with E-state index >= 15 is 0 Å². The highest BCUT2D eigenvalue weighted by Crippen LogP contribution is 2.22. The standard InChI is InChI=1S/C20H36N4O3/c1-15-11-16(2)13-24(12-15)18(25)14-22-5-7-23(8-6-22)20(26)19(21)17-3-9-27-10-4-17/h15-17,19H,3-14,21H2,1-2H3. The molecule has 0 aromatic rings. The second-order valence-electron chi connectivity index (χ2n) is 8.82. The van der Waals surface area contributed by atoms with Gasteiger partial charge in [0, 0.05) is 52.5 Å². The van der Waals surface area contributed by atoms with Gasteiger partial charge in [0.15, 0.2) is 0 Å². The quantitative estimate of drug-likeness (QED) is 0.763. The number of carbonyl (C=O) groups is 2. The Morgan fingerprint density at radius 1 is 1.00 bits per heavy atom. The molecule has 154 valence electrons. The third kappa shape index (κ3) is 5.42. The fourth-order valence-electron chi connectivity index (χ4n) is 4.77. The van der Waals surface area contributed by atoms with Gasteiger partial charge in [0.25, 0.3) is 0 Å². The monoisotopic (exact) mass is 380 g/mol. The maximum absolute atomic E-state index is 12.7. The smallest absolute Gasteiger partial charge is 0.239 e. The van der Waals surface area contributed by atoms with Crippen molar-refractivity contribution >= 4 is 11.8 Å². The molecule has 0 radical (unpaired) electrons. The number of carbonyl (C=O) groups excluding carboxylic acids is 2. The number of rotatable bonds is 4. The van der Waals surface area contributed by atoms with Crippen molar-refractivity contribution in [2.75, 3.05) is 59.0 Å². The van der Waals surface area contributed by atoms with E-state index < -0.39 is 6.04 Å². The first kappa shape index (κ1) is 20.6. The molecule has 7 nitrogen and oxygen atoms in total. The highest BCUT2D eigenvalue weighted by atomic mass is 16.5. The summed E-state index contributed by atoms with van der Waals surface area (Å²) in [5.74, 6) is 1.69. The second-order valence-corrected chi connectivity index (χ2v) is 8.82. The molecule has 0 aliphatic carbocycles.